The lowest BCUT2D eigenvalue weighted by molar-refractivity contribution is 1.03. The molecule has 5 nitrogen and oxygen atoms in total. The van der Waals surface area contributed by atoms with Gasteiger partial charge >= 0.3 is 0 Å². The molecule has 3 rings (SSSR count). The molecule has 1 aromatic carbocycles. The second kappa shape index (κ2) is 3.86. The second-order valence-corrected chi connectivity index (χ2v) is 3.83. The van der Waals surface area contributed by atoms with Crippen molar-refractivity contribution in [2.24, 2.45) is 0 Å². The maximum Gasteiger partial charge on any atom is 0.217 e. The zero-order valence-corrected chi connectivity index (χ0v) is 9.41. The van der Waals surface area contributed by atoms with E-state index in [4.69, 9.17) is 11.0 Å². The first-order chi connectivity index (χ1) is 8.81. The van der Waals surface area contributed by atoms with Crippen molar-refractivity contribution in [2.75, 3.05) is 5.73 Å². The summed E-state index contributed by atoms with van der Waals surface area (Å²) < 4.78 is 1.68. The lowest BCUT2D eigenvalue weighted by Gasteiger charge is -2.10. The van der Waals surface area contributed by atoms with Crippen LogP contribution in [0.4, 0.5) is 5.69 Å². The summed E-state index contributed by atoms with van der Waals surface area (Å²) in [5, 5.41) is 10.9. The summed E-state index contributed by atoms with van der Waals surface area (Å²) in [5.74, 6) is 0.315. The highest BCUT2D eigenvalue weighted by Crippen LogP contribution is 2.27. The number of nitrogens with zero attached hydrogens (tertiary/aromatic N) is 4. The van der Waals surface area contributed by atoms with Crippen molar-refractivity contribution >= 4 is 16.5 Å². The number of nitrogen functional groups attached to an aromatic ring is 1. The quantitative estimate of drug-likeness (QED) is 0.653. The van der Waals surface area contributed by atoms with Crippen LogP contribution >= 0.6 is 0 Å². The molecule has 0 saturated heterocycles. The third-order valence-corrected chi connectivity index (χ3v) is 2.84. The molecule has 2 aromatic heterocycles. The van der Waals surface area contributed by atoms with Crippen molar-refractivity contribution in [1.82, 2.24) is 14.5 Å². The molecule has 0 unspecified atom stereocenters. The lowest BCUT2D eigenvalue weighted by atomic mass is 10.1. The maximum atomic E-state index is 8.99. The van der Waals surface area contributed by atoms with Crippen molar-refractivity contribution in [3.63, 3.8) is 0 Å². The summed E-state index contributed by atoms with van der Waals surface area (Å²) in [5.41, 5.74) is 7.52. The number of anilines is 1. The van der Waals surface area contributed by atoms with Crippen molar-refractivity contribution in [3.8, 4) is 11.8 Å². The Morgan fingerprint density at radius 3 is 2.94 bits per heavy atom. The fraction of sp³-hybridized carbons (Fsp3) is 0. The highest BCUT2D eigenvalue weighted by molar-refractivity contribution is 5.96. The number of nitrogens with two attached hydrogens (primary N) is 1. The fourth-order valence-corrected chi connectivity index (χ4v) is 1.97. The highest BCUT2D eigenvalue weighted by atomic mass is 15.1. The van der Waals surface area contributed by atoms with Crippen molar-refractivity contribution < 1.29 is 0 Å². The standard InChI is InChI=1S/C13H9N5/c14-7-12-17-5-6-18(12)11-2-1-9-8-16-4-3-10(9)13(11)15/h1-6,8H,15H2. The second-order valence-electron chi connectivity index (χ2n) is 3.83. The number of hydrogen-bond donors (Lipinski definition) is 1. The molecular weight excluding hydrogens is 226 g/mol. The SMILES string of the molecule is N#Cc1nccn1-c1ccc2cnccc2c1N. The third-order valence-electron chi connectivity index (χ3n) is 2.84. The number of pyridine rings is 1. The van der Waals surface area contributed by atoms with E-state index < -0.39 is 0 Å². The average Bonchev–Trinajstić information content (AvgIpc) is 2.88. The molecule has 0 atom stereocenters. The number of benzene rings is 1. The van der Waals surface area contributed by atoms with Crippen molar-refractivity contribution in [2.45, 2.75) is 0 Å². The van der Waals surface area contributed by atoms with Gasteiger partial charge in [0.15, 0.2) is 0 Å². The fourth-order valence-electron chi connectivity index (χ4n) is 1.97. The Hall–Kier alpha value is -2.87. The van der Waals surface area contributed by atoms with E-state index in [1.165, 1.54) is 0 Å². The number of rotatable bonds is 1. The maximum absolute atomic E-state index is 8.99. The van der Waals surface area contributed by atoms with Crippen LogP contribution in [-0.2, 0) is 0 Å². The number of hydrogen-bond acceptors (Lipinski definition) is 4. The molecule has 2 N–H and O–H groups in total. The highest BCUT2D eigenvalue weighted by Gasteiger charge is 2.09. The first-order valence-electron chi connectivity index (χ1n) is 5.37. The first kappa shape index (κ1) is 10.3. The van der Waals surface area contributed by atoms with E-state index in [0.717, 1.165) is 16.5 Å². The van der Waals surface area contributed by atoms with E-state index in [2.05, 4.69) is 9.97 Å². The molecule has 3 aromatic rings. The smallest absolute Gasteiger partial charge is 0.217 e. The van der Waals surface area contributed by atoms with Gasteiger partial charge in [-0.15, -0.1) is 0 Å². The van der Waals surface area contributed by atoms with E-state index in [-0.39, 0.29) is 0 Å². The van der Waals surface area contributed by atoms with Crippen LogP contribution in [0.1, 0.15) is 5.82 Å². The van der Waals surface area contributed by atoms with Crippen LogP contribution in [0, 0.1) is 11.3 Å². The molecule has 18 heavy (non-hydrogen) atoms. The predicted octanol–water partition coefficient (Wildman–Crippen LogP) is 1.87. The molecule has 0 amide bonds. The Balaban J connectivity index is 2.32. The van der Waals surface area contributed by atoms with Gasteiger partial charge in [0.25, 0.3) is 0 Å². The number of aromatic nitrogens is 3. The van der Waals surface area contributed by atoms with Crippen LogP contribution in [0.5, 0.6) is 0 Å². The topological polar surface area (TPSA) is 80.5 Å². The van der Waals surface area contributed by atoms with Gasteiger partial charge in [-0.05, 0) is 12.1 Å². The van der Waals surface area contributed by atoms with Crippen LogP contribution in [0.2, 0.25) is 0 Å². The van der Waals surface area contributed by atoms with Crippen molar-refractivity contribution in [3.05, 3.63) is 48.8 Å². The predicted molar refractivity (Wildman–Crippen MR) is 68.0 cm³/mol. The normalized spacial score (nSPS) is 10.4. The Morgan fingerprint density at radius 2 is 2.11 bits per heavy atom. The van der Waals surface area contributed by atoms with E-state index in [1.807, 2.05) is 24.3 Å². The summed E-state index contributed by atoms with van der Waals surface area (Å²) >= 11 is 0. The largest absolute Gasteiger partial charge is 0.397 e. The zero-order valence-electron chi connectivity index (χ0n) is 9.41. The summed E-state index contributed by atoms with van der Waals surface area (Å²) in [4.78, 5) is 8.02. The van der Waals surface area contributed by atoms with Gasteiger partial charge in [-0.25, -0.2) is 4.98 Å². The molecule has 0 aliphatic rings. The minimum Gasteiger partial charge on any atom is -0.397 e. The minimum atomic E-state index is 0.315. The van der Waals surface area contributed by atoms with Crippen molar-refractivity contribution in [1.29, 1.82) is 5.26 Å². The Morgan fingerprint density at radius 1 is 1.22 bits per heavy atom. The van der Waals surface area contributed by atoms with Crippen LogP contribution in [0.3, 0.4) is 0 Å². The first-order valence-corrected chi connectivity index (χ1v) is 5.37. The van der Waals surface area contributed by atoms with Gasteiger partial charge in [0, 0.05) is 35.6 Å². The number of fused-ring (bicyclic) bond motifs is 1. The number of imidazole rings is 1. The molecule has 0 fully saturated rings. The Bertz CT molecular complexity index is 766. The molecule has 0 radical (unpaired) electrons. The van der Waals surface area contributed by atoms with E-state index >= 15 is 0 Å². The molecule has 0 spiro atoms. The molecule has 0 aliphatic heterocycles. The summed E-state index contributed by atoms with van der Waals surface area (Å²) in [7, 11) is 0. The van der Waals surface area contributed by atoms with Gasteiger partial charge in [-0.1, -0.05) is 6.07 Å². The Labute approximate surface area is 103 Å². The van der Waals surface area contributed by atoms with Gasteiger partial charge < -0.3 is 5.73 Å². The molecule has 0 bridgehead atoms. The average molecular weight is 235 g/mol. The summed E-state index contributed by atoms with van der Waals surface area (Å²) in [6.07, 6.45) is 6.75. The van der Waals surface area contributed by atoms with Crippen LogP contribution in [0.15, 0.2) is 43.0 Å². The van der Waals surface area contributed by atoms with Crippen LogP contribution < -0.4 is 5.73 Å². The lowest BCUT2D eigenvalue weighted by Crippen LogP contribution is -2.02. The Kier molecular flexibility index (Phi) is 2.21. The van der Waals surface area contributed by atoms with E-state index in [1.54, 1.807) is 29.4 Å². The molecule has 0 aliphatic carbocycles. The molecule has 5 heteroatoms. The monoisotopic (exact) mass is 235 g/mol. The van der Waals surface area contributed by atoms with Gasteiger partial charge in [0.2, 0.25) is 5.82 Å². The van der Waals surface area contributed by atoms with Gasteiger partial charge in [-0.3, -0.25) is 9.55 Å². The minimum absolute atomic E-state index is 0.315. The van der Waals surface area contributed by atoms with Crippen LogP contribution in [-0.4, -0.2) is 14.5 Å². The zero-order chi connectivity index (χ0) is 12.5. The molecule has 0 saturated carbocycles. The van der Waals surface area contributed by atoms with Gasteiger partial charge in [0.05, 0.1) is 11.4 Å². The molecule has 86 valence electrons. The van der Waals surface area contributed by atoms with Gasteiger partial charge in [0.1, 0.15) is 6.07 Å². The number of nitriles is 1. The van der Waals surface area contributed by atoms with Crippen LogP contribution in [0.25, 0.3) is 16.5 Å². The molecular formula is C13H9N5. The summed E-state index contributed by atoms with van der Waals surface area (Å²) in [6.45, 7) is 0. The van der Waals surface area contributed by atoms with E-state index in [9.17, 15) is 0 Å². The summed E-state index contributed by atoms with van der Waals surface area (Å²) in [6, 6.07) is 7.68. The van der Waals surface area contributed by atoms with E-state index in [0.29, 0.717) is 11.5 Å². The molecule has 2 heterocycles. The van der Waals surface area contributed by atoms with Gasteiger partial charge in [-0.2, -0.15) is 5.26 Å². The third kappa shape index (κ3) is 1.40.